The summed E-state index contributed by atoms with van der Waals surface area (Å²) in [6.45, 7) is 8.31. The molecule has 1 amide bonds. The molecule has 0 heterocycles. The van der Waals surface area contributed by atoms with E-state index in [0.717, 1.165) is 5.69 Å². The molecule has 0 aliphatic carbocycles. The predicted molar refractivity (Wildman–Crippen MR) is 98.0 cm³/mol. The second kappa shape index (κ2) is 7.18. The Balaban J connectivity index is 2.00. The van der Waals surface area contributed by atoms with Crippen molar-refractivity contribution < 1.29 is 4.79 Å². The second-order valence-electron chi connectivity index (χ2n) is 6.88. The molecule has 0 aliphatic rings. The topological polar surface area (TPSA) is 64.9 Å². The molecular formula is C20H23N3O. The van der Waals surface area contributed by atoms with Gasteiger partial charge in [-0.3, -0.25) is 4.79 Å². The Morgan fingerprint density at radius 2 is 1.75 bits per heavy atom. The first-order chi connectivity index (χ1) is 11.3. The van der Waals surface area contributed by atoms with E-state index in [0.29, 0.717) is 11.3 Å². The van der Waals surface area contributed by atoms with E-state index in [1.807, 2.05) is 12.1 Å². The molecule has 0 saturated carbocycles. The lowest BCUT2D eigenvalue weighted by molar-refractivity contribution is -0.116. The third kappa shape index (κ3) is 4.60. The molecule has 0 fully saturated rings. The fraction of sp³-hybridized carbons (Fsp3) is 0.300. The number of nitrogens with zero attached hydrogens (tertiary/aromatic N) is 1. The van der Waals surface area contributed by atoms with Gasteiger partial charge in [-0.15, -0.1) is 0 Å². The maximum atomic E-state index is 12.3. The minimum absolute atomic E-state index is 0.104. The van der Waals surface area contributed by atoms with E-state index in [9.17, 15) is 4.79 Å². The lowest BCUT2D eigenvalue weighted by Gasteiger charge is -2.20. The van der Waals surface area contributed by atoms with Crippen LogP contribution in [0.4, 0.5) is 11.4 Å². The Bertz CT molecular complexity index is 752. The van der Waals surface area contributed by atoms with Crippen LogP contribution >= 0.6 is 0 Å². The molecule has 4 heteroatoms. The van der Waals surface area contributed by atoms with Crippen molar-refractivity contribution in [3.63, 3.8) is 0 Å². The van der Waals surface area contributed by atoms with E-state index < -0.39 is 6.04 Å². The lowest BCUT2D eigenvalue weighted by atomic mass is 9.87. The zero-order valence-electron chi connectivity index (χ0n) is 14.6. The van der Waals surface area contributed by atoms with Crippen molar-refractivity contribution in [3.8, 4) is 6.07 Å². The summed E-state index contributed by atoms with van der Waals surface area (Å²) in [7, 11) is 0. The molecule has 2 aromatic carbocycles. The number of hydrogen-bond acceptors (Lipinski definition) is 3. The molecule has 4 nitrogen and oxygen atoms in total. The van der Waals surface area contributed by atoms with Crippen molar-refractivity contribution in [1.82, 2.24) is 0 Å². The first-order valence-electron chi connectivity index (χ1n) is 7.98. The molecule has 24 heavy (non-hydrogen) atoms. The molecule has 2 N–H and O–H groups in total. The third-order valence-corrected chi connectivity index (χ3v) is 3.79. The molecule has 0 aliphatic heterocycles. The van der Waals surface area contributed by atoms with Gasteiger partial charge >= 0.3 is 0 Å². The van der Waals surface area contributed by atoms with E-state index >= 15 is 0 Å². The summed E-state index contributed by atoms with van der Waals surface area (Å²) in [4.78, 5) is 12.3. The third-order valence-electron chi connectivity index (χ3n) is 3.79. The molecule has 0 radical (unpaired) electrons. The lowest BCUT2D eigenvalue weighted by Crippen LogP contribution is -2.31. The van der Waals surface area contributed by atoms with Crippen LogP contribution < -0.4 is 10.6 Å². The number of anilines is 2. The van der Waals surface area contributed by atoms with Gasteiger partial charge in [0.05, 0.1) is 11.6 Å². The molecular weight excluding hydrogens is 298 g/mol. The average molecular weight is 321 g/mol. The number of amides is 1. The van der Waals surface area contributed by atoms with Gasteiger partial charge in [0, 0.05) is 11.4 Å². The Kier molecular flexibility index (Phi) is 5.25. The monoisotopic (exact) mass is 321 g/mol. The quantitative estimate of drug-likeness (QED) is 0.882. The highest BCUT2D eigenvalue weighted by Crippen LogP contribution is 2.23. The van der Waals surface area contributed by atoms with Crippen LogP contribution in [-0.2, 0) is 10.2 Å². The highest BCUT2D eigenvalue weighted by Gasteiger charge is 2.15. The number of carbonyl (C=O) groups excluding carboxylic acids is 1. The zero-order chi connectivity index (χ0) is 17.7. The van der Waals surface area contributed by atoms with Crippen LogP contribution in [0.5, 0.6) is 0 Å². The molecule has 2 rings (SSSR count). The fourth-order valence-corrected chi connectivity index (χ4v) is 2.30. The van der Waals surface area contributed by atoms with Crippen LogP contribution in [0, 0.1) is 11.3 Å². The molecule has 1 atom stereocenters. The van der Waals surface area contributed by atoms with Crippen LogP contribution in [0.2, 0.25) is 0 Å². The van der Waals surface area contributed by atoms with Gasteiger partial charge in [0.1, 0.15) is 6.04 Å². The average Bonchev–Trinajstić information content (AvgIpc) is 2.54. The SMILES string of the molecule is C[C@H](Nc1ccc(C(C)(C)C)cc1)C(=O)Nc1cccc(C#N)c1. The number of rotatable bonds is 4. The van der Waals surface area contributed by atoms with Gasteiger partial charge in [0.25, 0.3) is 0 Å². The Hall–Kier alpha value is -2.80. The summed E-state index contributed by atoms with van der Waals surface area (Å²) in [5.74, 6) is -0.148. The molecule has 2 aromatic rings. The van der Waals surface area contributed by atoms with Crippen LogP contribution in [-0.4, -0.2) is 11.9 Å². The van der Waals surface area contributed by atoms with Crippen molar-refractivity contribution in [2.24, 2.45) is 0 Å². The van der Waals surface area contributed by atoms with Gasteiger partial charge in [0.15, 0.2) is 0 Å². The van der Waals surface area contributed by atoms with Crippen molar-refractivity contribution in [1.29, 1.82) is 5.26 Å². The first-order valence-corrected chi connectivity index (χ1v) is 7.98. The molecule has 0 saturated heterocycles. The summed E-state index contributed by atoms with van der Waals surface area (Å²) < 4.78 is 0. The highest BCUT2D eigenvalue weighted by atomic mass is 16.2. The molecule has 0 bridgehead atoms. The summed E-state index contributed by atoms with van der Waals surface area (Å²) >= 11 is 0. The van der Waals surface area contributed by atoms with Crippen LogP contribution in [0.15, 0.2) is 48.5 Å². The second-order valence-corrected chi connectivity index (χ2v) is 6.88. The van der Waals surface area contributed by atoms with Crippen molar-refractivity contribution in [2.75, 3.05) is 10.6 Å². The van der Waals surface area contributed by atoms with E-state index in [2.05, 4.69) is 49.6 Å². The number of hydrogen-bond donors (Lipinski definition) is 2. The molecule has 0 spiro atoms. The van der Waals surface area contributed by atoms with Gasteiger partial charge in [-0.1, -0.05) is 39.0 Å². The van der Waals surface area contributed by atoms with Gasteiger partial charge in [-0.05, 0) is 48.2 Å². The van der Waals surface area contributed by atoms with Crippen LogP contribution in [0.25, 0.3) is 0 Å². The summed E-state index contributed by atoms with van der Waals surface area (Å²) in [6, 6.07) is 16.7. The smallest absolute Gasteiger partial charge is 0.246 e. The normalized spacial score (nSPS) is 12.1. The Morgan fingerprint density at radius 3 is 2.33 bits per heavy atom. The molecule has 124 valence electrons. The highest BCUT2D eigenvalue weighted by molar-refractivity contribution is 5.96. The molecule has 0 unspecified atom stereocenters. The minimum Gasteiger partial charge on any atom is -0.374 e. The van der Waals surface area contributed by atoms with Crippen molar-refractivity contribution in [2.45, 2.75) is 39.2 Å². The maximum absolute atomic E-state index is 12.3. The summed E-state index contributed by atoms with van der Waals surface area (Å²) in [5, 5.41) is 14.9. The van der Waals surface area contributed by atoms with Gasteiger partial charge in [0.2, 0.25) is 5.91 Å². The number of nitrogens with one attached hydrogen (secondary N) is 2. The van der Waals surface area contributed by atoms with Crippen LogP contribution in [0.3, 0.4) is 0 Å². The van der Waals surface area contributed by atoms with Gasteiger partial charge in [-0.2, -0.15) is 5.26 Å². The fourth-order valence-electron chi connectivity index (χ4n) is 2.30. The predicted octanol–water partition coefficient (Wildman–Crippen LogP) is 4.29. The molecule has 0 aromatic heterocycles. The van der Waals surface area contributed by atoms with Crippen molar-refractivity contribution >= 4 is 17.3 Å². The van der Waals surface area contributed by atoms with Gasteiger partial charge in [-0.25, -0.2) is 0 Å². The van der Waals surface area contributed by atoms with E-state index in [4.69, 9.17) is 5.26 Å². The number of benzene rings is 2. The Labute approximate surface area is 143 Å². The Morgan fingerprint density at radius 1 is 1.08 bits per heavy atom. The minimum atomic E-state index is -0.392. The first kappa shape index (κ1) is 17.6. The number of nitriles is 1. The number of carbonyl (C=O) groups is 1. The van der Waals surface area contributed by atoms with Gasteiger partial charge < -0.3 is 10.6 Å². The van der Waals surface area contributed by atoms with Crippen molar-refractivity contribution in [3.05, 3.63) is 59.7 Å². The van der Waals surface area contributed by atoms with E-state index in [-0.39, 0.29) is 11.3 Å². The standard InChI is InChI=1S/C20H23N3O/c1-14(19(24)23-18-7-5-6-15(12-18)13-21)22-17-10-8-16(9-11-17)20(2,3)4/h5-12,14,22H,1-4H3,(H,23,24)/t14-/m0/s1. The largest absolute Gasteiger partial charge is 0.374 e. The van der Waals surface area contributed by atoms with E-state index in [1.165, 1.54) is 5.56 Å². The van der Waals surface area contributed by atoms with Crippen LogP contribution in [0.1, 0.15) is 38.8 Å². The summed E-state index contributed by atoms with van der Waals surface area (Å²) in [5.41, 5.74) is 3.39. The summed E-state index contributed by atoms with van der Waals surface area (Å²) in [6.07, 6.45) is 0. The van der Waals surface area contributed by atoms with E-state index in [1.54, 1.807) is 31.2 Å². The maximum Gasteiger partial charge on any atom is 0.246 e. The zero-order valence-corrected chi connectivity index (χ0v) is 14.6.